The highest BCUT2D eigenvalue weighted by atomic mass is 16.6. The summed E-state index contributed by atoms with van der Waals surface area (Å²) in [6.45, 7) is 4.51. The van der Waals surface area contributed by atoms with Gasteiger partial charge in [-0.25, -0.2) is 10.1 Å². The molecular formula is C19H23N9O4. The van der Waals surface area contributed by atoms with E-state index in [1.54, 1.807) is 12.1 Å². The lowest BCUT2D eigenvalue weighted by molar-refractivity contribution is 0.0945. The number of hydrazone groups is 1. The summed E-state index contributed by atoms with van der Waals surface area (Å²) in [5.74, 6) is -0.154. The molecule has 1 aromatic carbocycles. The van der Waals surface area contributed by atoms with Gasteiger partial charge in [0.05, 0.1) is 12.8 Å². The van der Waals surface area contributed by atoms with E-state index in [2.05, 4.69) is 40.7 Å². The van der Waals surface area contributed by atoms with E-state index >= 15 is 0 Å². The van der Waals surface area contributed by atoms with Gasteiger partial charge in [0.25, 0.3) is 5.91 Å². The van der Waals surface area contributed by atoms with Crippen LogP contribution >= 0.6 is 0 Å². The predicted octanol–water partition coefficient (Wildman–Crippen LogP) is 0.696. The van der Waals surface area contributed by atoms with Crippen molar-refractivity contribution in [3.8, 4) is 17.3 Å². The van der Waals surface area contributed by atoms with Gasteiger partial charge in [-0.2, -0.15) is 9.78 Å². The van der Waals surface area contributed by atoms with Gasteiger partial charge < -0.3 is 15.6 Å². The topological polar surface area (TPSA) is 170 Å². The molecule has 1 saturated heterocycles. The molecule has 2 aromatic heterocycles. The zero-order valence-electron chi connectivity index (χ0n) is 17.4. The monoisotopic (exact) mass is 441 g/mol. The van der Waals surface area contributed by atoms with Crippen LogP contribution in [0.2, 0.25) is 0 Å². The van der Waals surface area contributed by atoms with Gasteiger partial charge >= 0.3 is 0 Å². The molecule has 0 aliphatic carbocycles. The van der Waals surface area contributed by atoms with Crippen molar-refractivity contribution >= 4 is 17.9 Å². The maximum absolute atomic E-state index is 13.0. The van der Waals surface area contributed by atoms with E-state index in [0.717, 1.165) is 25.9 Å². The number of hydrogen-bond acceptors (Lipinski definition) is 11. The highest BCUT2D eigenvalue weighted by molar-refractivity contribution is 5.95. The van der Waals surface area contributed by atoms with Crippen LogP contribution in [0.15, 0.2) is 27.9 Å². The number of carbonyl (C=O) groups excluding carboxylic acids is 1. The molecular weight excluding hydrogens is 418 g/mol. The Kier molecular flexibility index (Phi) is 6.26. The minimum Gasteiger partial charge on any atom is -0.504 e. The summed E-state index contributed by atoms with van der Waals surface area (Å²) in [5.41, 5.74) is 9.48. The van der Waals surface area contributed by atoms with Crippen LogP contribution in [0.3, 0.4) is 0 Å². The van der Waals surface area contributed by atoms with Crippen molar-refractivity contribution in [2.24, 2.45) is 5.10 Å². The summed E-state index contributed by atoms with van der Waals surface area (Å²) in [7, 11) is 0. The van der Waals surface area contributed by atoms with E-state index in [1.807, 2.05) is 6.92 Å². The number of nitrogens with one attached hydrogen (secondary N) is 1. The molecule has 4 N–H and O–H groups in total. The van der Waals surface area contributed by atoms with E-state index in [9.17, 15) is 9.90 Å². The first-order valence-corrected chi connectivity index (χ1v) is 10.1. The number of rotatable bonds is 8. The summed E-state index contributed by atoms with van der Waals surface area (Å²) in [6.07, 6.45) is 3.62. The van der Waals surface area contributed by atoms with Gasteiger partial charge in [-0.15, -0.1) is 5.10 Å². The molecule has 4 rings (SSSR count). The first-order chi connectivity index (χ1) is 15.6. The molecule has 0 radical (unpaired) electrons. The highest BCUT2D eigenvalue weighted by Gasteiger charge is 2.26. The largest absolute Gasteiger partial charge is 0.504 e. The van der Waals surface area contributed by atoms with Crippen molar-refractivity contribution in [3.05, 3.63) is 35.2 Å². The first kappa shape index (κ1) is 21.2. The van der Waals surface area contributed by atoms with Crippen molar-refractivity contribution in [2.75, 3.05) is 25.4 Å². The van der Waals surface area contributed by atoms with Crippen LogP contribution in [-0.4, -0.2) is 67.1 Å². The number of nitrogens with two attached hydrogens (primary N) is 1. The van der Waals surface area contributed by atoms with Gasteiger partial charge in [0, 0.05) is 6.54 Å². The Morgan fingerprint density at radius 3 is 2.91 bits per heavy atom. The number of phenols is 1. The van der Waals surface area contributed by atoms with E-state index in [0.29, 0.717) is 30.2 Å². The SMILES string of the molecule is CCOc1cc(C=NNC(=O)c2c(CN3CCCC3)nnn2-c2nonc2N)ccc1O. The number of aromatic hydroxyl groups is 1. The zero-order valence-corrected chi connectivity index (χ0v) is 17.4. The van der Waals surface area contributed by atoms with Gasteiger partial charge in [-0.1, -0.05) is 5.21 Å². The number of amides is 1. The summed E-state index contributed by atoms with van der Waals surface area (Å²) < 4.78 is 11.2. The Labute approximate surface area is 182 Å². The van der Waals surface area contributed by atoms with Crippen LogP contribution in [-0.2, 0) is 6.54 Å². The third kappa shape index (κ3) is 4.51. The zero-order chi connectivity index (χ0) is 22.5. The van der Waals surface area contributed by atoms with E-state index in [4.69, 9.17) is 10.5 Å². The fourth-order valence-electron chi connectivity index (χ4n) is 3.39. The second kappa shape index (κ2) is 9.43. The minimum absolute atomic E-state index is 0.0206. The van der Waals surface area contributed by atoms with Gasteiger partial charge in [0.1, 0.15) is 5.69 Å². The molecule has 0 bridgehead atoms. The number of phenolic OH excluding ortho intramolecular Hbond substituents is 1. The maximum Gasteiger partial charge on any atom is 0.292 e. The van der Waals surface area contributed by atoms with Crippen LogP contribution in [0.25, 0.3) is 5.82 Å². The second-order valence-corrected chi connectivity index (χ2v) is 7.11. The van der Waals surface area contributed by atoms with Crippen molar-refractivity contribution in [3.63, 3.8) is 0 Å². The quantitative estimate of drug-likeness (QED) is 0.334. The molecule has 3 aromatic rings. The van der Waals surface area contributed by atoms with E-state index < -0.39 is 5.91 Å². The molecule has 0 saturated carbocycles. The number of aromatic nitrogens is 5. The average molecular weight is 441 g/mol. The van der Waals surface area contributed by atoms with Gasteiger partial charge in [0.2, 0.25) is 11.6 Å². The minimum atomic E-state index is -0.549. The van der Waals surface area contributed by atoms with Crippen molar-refractivity contribution < 1.29 is 19.3 Å². The lowest BCUT2D eigenvalue weighted by Crippen LogP contribution is -2.26. The fraction of sp³-hybridized carbons (Fsp3) is 0.368. The maximum atomic E-state index is 13.0. The Bertz CT molecular complexity index is 1120. The number of benzene rings is 1. The van der Waals surface area contributed by atoms with Crippen LogP contribution in [0, 0.1) is 0 Å². The van der Waals surface area contributed by atoms with Crippen molar-refractivity contribution in [1.82, 2.24) is 35.6 Å². The molecule has 3 heterocycles. The van der Waals surface area contributed by atoms with E-state index in [1.165, 1.54) is 17.0 Å². The average Bonchev–Trinajstić information content (AvgIpc) is 3.52. The fourth-order valence-corrected chi connectivity index (χ4v) is 3.39. The van der Waals surface area contributed by atoms with Crippen LogP contribution in [0.5, 0.6) is 11.5 Å². The third-order valence-electron chi connectivity index (χ3n) is 4.89. The number of hydrogen-bond donors (Lipinski definition) is 3. The van der Waals surface area contributed by atoms with Crippen LogP contribution < -0.4 is 15.9 Å². The third-order valence-corrected chi connectivity index (χ3v) is 4.89. The number of ether oxygens (including phenoxy) is 1. The number of nitrogen functional groups attached to an aromatic ring is 1. The molecule has 0 unspecified atom stereocenters. The molecule has 13 heteroatoms. The molecule has 1 aliphatic rings. The standard InChI is InChI=1S/C19H23N9O4/c1-2-31-15-9-12(5-6-14(15)29)10-21-23-19(30)16-13(11-27-7-3-4-8-27)22-26-28(16)18-17(20)24-32-25-18/h5-6,9-10,29H,2-4,7-8,11H2,1H3,(H2,20,24)(H,23,30). The number of nitrogens with zero attached hydrogens (tertiary/aromatic N) is 7. The smallest absolute Gasteiger partial charge is 0.292 e. The van der Waals surface area contributed by atoms with Crippen LogP contribution in [0.4, 0.5) is 5.82 Å². The lowest BCUT2D eigenvalue weighted by atomic mass is 10.2. The second-order valence-electron chi connectivity index (χ2n) is 7.11. The Morgan fingerprint density at radius 2 is 2.19 bits per heavy atom. The molecule has 32 heavy (non-hydrogen) atoms. The van der Waals surface area contributed by atoms with Gasteiger partial charge in [0.15, 0.2) is 17.2 Å². The number of likely N-dealkylation sites (tertiary alicyclic amines) is 1. The predicted molar refractivity (Wildman–Crippen MR) is 112 cm³/mol. The molecule has 0 atom stereocenters. The Morgan fingerprint density at radius 1 is 1.38 bits per heavy atom. The van der Waals surface area contributed by atoms with Crippen LogP contribution in [0.1, 0.15) is 41.5 Å². The van der Waals surface area contributed by atoms with Crippen molar-refractivity contribution in [1.29, 1.82) is 0 Å². The molecule has 168 valence electrons. The summed E-state index contributed by atoms with van der Waals surface area (Å²) in [5, 5.41) is 29.3. The van der Waals surface area contributed by atoms with Crippen molar-refractivity contribution in [2.45, 2.75) is 26.3 Å². The molecule has 1 aliphatic heterocycles. The normalized spacial score (nSPS) is 14.3. The van der Waals surface area contributed by atoms with E-state index in [-0.39, 0.29) is 23.1 Å². The Hall–Kier alpha value is -4.00. The van der Waals surface area contributed by atoms with Gasteiger partial charge in [-0.05, 0) is 66.9 Å². The lowest BCUT2D eigenvalue weighted by Gasteiger charge is -2.13. The summed E-state index contributed by atoms with van der Waals surface area (Å²) >= 11 is 0. The summed E-state index contributed by atoms with van der Waals surface area (Å²) in [6, 6.07) is 4.74. The number of carbonyl (C=O) groups is 1. The van der Waals surface area contributed by atoms with Gasteiger partial charge in [-0.3, -0.25) is 9.69 Å². The Balaban J connectivity index is 1.56. The molecule has 0 spiro atoms. The number of anilines is 1. The summed E-state index contributed by atoms with van der Waals surface area (Å²) in [4.78, 5) is 15.2. The first-order valence-electron chi connectivity index (χ1n) is 10.1. The highest BCUT2D eigenvalue weighted by Crippen LogP contribution is 2.26. The molecule has 13 nitrogen and oxygen atoms in total. The molecule has 1 amide bonds. The molecule has 1 fully saturated rings.